The van der Waals surface area contributed by atoms with E-state index in [1.165, 1.54) is 4.90 Å². The third kappa shape index (κ3) is 5.82. The lowest BCUT2D eigenvalue weighted by Crippen LogP contribution is -2.44. The Hall–Kier alpha value is -1.93. The predicted octanol–water partition coefficient (Wildman–Crippen LogP) is 0.511. The number of likely N-dealkylation sites (N-methyl/N-ethyl adjacent to an activating group) is 2. The zero-order valence-electron chi connectivity index (χ0n) is 14.9. The molecule has 7 nitrogen and oxygen atoms in total. The van der Waals surface area contributed by atoms with E-state index in [9.17, 15) is 18.0 Å². The van der Waals surface area contributed by atoms with Crippen LogP contribution in [0.2, 0.25) is 0 Å². The van der Waals surface area contributed by atoms with Crippen LogP contribution in [0.5, 0.6) is 0 Å². The van der Waals surface area contributed by atoms with Gasteiger partial charge >= 0.3 is 0 Å². The van der Waals surface area contributed by atoms with E-state index in [1.54, 1.807) is 19.0 Å². The third-order valence-corrected chi connectivity index (χ3v) is 6.05. The van der Waals surface area contributed by atoms with Crippen molar-refractivity contribution < 1.29 is 18.0 Å². The maximum Gasteiger partial charge on any atom is 0.238 e. The fraction of sp³-hybridized carbons (Fsp3) is 0.529. The van der Waals surface area contributed by atoms with Gasteiger partial charge in [0.05, 0.1) is 24.6 Å². The molecule has 25 heavy (non-hydrogen) atoms. The molecule has 0 aromatic heterocycles. The van der Waals surface area contributed by atoms with Crippen LogP contribution in [-0.2, 0) is 19.4 Å². The lowest BCUT2D eigenvalue weighted by molar-refractivity contribution is -0.132. The van der Waals surface area contributed by atoms with Gasteiger partial charge in [0.2, 0.25) is 11.8 Å². The first-order chi connectivity index (χ1) is 11.7. The van der Waals surface area contributed by atoms with Gasteiger partial charge in [-0.3, -0.25) is 14.5 Å². The SMILES string of the molecule is Cc1ccc(NC(=O)CN(C)CC(=O)N(C)[C@H]2CCS(=O)(=O)C2)cc1. The Bertz CT molecular complexity index is 731. The van der Waals surface area contributed by atoms with Crippen LogP contribution < -0.4 is 5.32 Å². The minimum Gasteiger partial charge on any atom is -0.341 e. The van der Waals surface area contributed by atoms with E-state index in [-0.39, 0.29) is 42.5 Å². The molecule has 1 aliphatic heterocycles. The molecule has 1 fully saturated rings. The molecular formula is C17H25N3O4S. The molecule has 2 amide bonds. The Morgan fingerprint density at radius 2 is 1.80 bits per heavy atom. The predicted molar refractivity (Wildman–Crippen MR) is 97.1 cm³/mol. The number of nitrogens with zero attached hydrogens (tertiary/aromatic N) is 2. The summed E-state index contributed by atoms with van der Waals surface area (Å²) in [6.07, 6.45) is 0.474. The van der Waals surface area contributed by atoms with E-state index in [0.29, 0.717) is 12.1 Å². The van der Waals surface area contributed by atoms with E-state index >= 15 is 0 Å². The van der Waals surface area contributed by atoms with Gasteiger partial charge in [-0.25, -0.2) is 8.42 Å². The van der Waals surface area contributed by atoms with Gasteiger partial charge in [0, 0.05) is 18.8 Å². The number of hydrogen-bond donors (Lipinski definition) is 1. The molecule has 0 radical (unpaired) electrons. The molecule has 1 saturated heterocycles. The monoisotopic (exact) mass is 367 g/mol. The van der Waals surface area contributed by atoms with Gasteiger partial charge in [-0.15, -0.1) is 0 Å². The summed E-state index contributed by atoms with van der Waals surface area (Å²) in [7, 11) is 0.275. The number of rotatable bonds is 6. The smallest absolute Gasteiger partial charge is 0.238 e. The largest absolute Gasteiger partial charge is 0.341 e. The molecule has 138 valence electrons. The van der Waals surface area contributed by atoms with Crippen molar-refractivity contribution in [2.45, 2.75) is 19.4 Å². The standard InChI is InChI=1S/C17H25N3O4S/c1-13-4-6-14(7-5-13)18-16(21)10-19(2)11-17(22)20(3)15-8-9-25(23,24)12-15/h4-7,15H,8-12H2,1-3H3,(H,18,21)/t15-/m0/s1. The summed E-state index contributed by atoms with van der Waals surface area (Å²) in [4.78, 5) is 27.4. The highest BCUT2D eigenvalue weighted by Gasteiger charge is 2.32. The fourth-order valence-corrected chi connectivity index (χ4v) is 4.54. The van der Waals surface area contributed by atoms with Crippen LogP contribution in [0.15, 0.2) is 24.3 Å². The molecule has 1 heterocycles. The number of anilines is 1. The molecule has 8 heteroatoms. The zero-order chi connectivity index (χ0) is 18.6. The van der Waals surface area contributed by atoms with Gasteiger partial charge in [0.15, 0.2) is 9.84 Å². The average Bonchev–Trinajstić information content (AvgIpc) is 2.88. The van der Waals surface area contributed by atoms with Crippen molar-refractivity contribution in [2.75, 3.05) is 44.0 Å². The Kier molecular flexibility index (Phi) is 6.18. The van der Waals surface area contributed by atoms with E-state index < -0.39 is 9.84 Å². The summed E-state index contributed by atoms with van der Waals surface area (Å²) < 4.78 is 23.1. The van der Waals surface area contributed by atoms with Crippen molar-refractivity contribution in [3.05, 3.63) is 29.8 Å². The second-order valence-corrected chi connectivity index (χ2v) is 8.88. The van der Waals surface area contributed by atoms with Gasteiger partial charge in [-0.1, -0.05) is 17.7 Å². The van der Waals surface area contributed by atoms with Crippen LogP contribution in [-0.4, -0.2) is 74.8 Å². The molecule has 0 saturated carbocycles. The van der Waals surface area contributed by atoms with E-state index in [1.807, 2.05) is 31.2 Å². The van der Waals surface area contributed by atoms with Crippen molar-refractivity contribution >= 4 is 27.3 Å². The zero-order valence-corrected chi connectivity index (χ0v) is 15.7. The summed E-state index contributed by atoms with van der Waals surface area (Å²) in [5.41, 5.74) is 1.82. The summed E-state index contributed by atoms with van der Waals surface area (Å²) in [6.45, 7) is 2.11. The number of amides is 2. The fourth-order valence-electron chi connectivity index (χ4n) is 2.77. The third-order valence-electron chi connectivity index (χ3n) is 4.30. The number of aryl methyl sites for hydroxylation is 1. The average molecular weight is 367 g/mol. The van der Waals surface area contributed by atoms with E-state index in [4.69, 9.17) is 0 Å². The minimum absolute atomic E-state index is 0.0207. The maximum atomic E-state index is 12.3. The number of hydrogen-bond acceptors (Lipinski definition) is 5. The molecule has 2 rings (SSSR count). The van der Waals surface area contributed by atoms with Crippen LogP contribution in [0.4, 0.5) is 5.69 Å². The van der Waals surface area contributed by atoms with Gasteiger partial charge in [0.1, 0.15) is 0 Å². The van der Waals surface area contributed by atoms with Gasteiger partial charge in [0.25, 0.3) is 0 Å². The molecule has 1 aromatic rings. The molecule has 0 spiro atoms. The van der Waals surface area contributed by atoms with Crippen LogP contribution >= 0.6 is 0 Å². The van der Waals surface area contributed by atoms with Crippen LogP contribution in [0, 0.1) is 6.92 Å². The van der Waals surface area contributed by atoms with Gasteiger partial charge in [-0.2, -0.15) is 0 Å². The first kappa shape index (κ1) is 19.4. The Morgan fingerprint density at radius 1 is 1.16 bits per heavy atom. The van der Waals surface area contributed by atoms with Crippen molar-refractivity contribution in [2.24, 2.45) is 0 Å². The van der Waals surface area contributed by atoms with E-state index in [0.717, 1.165) is 5.56 Å². The molecule has 1 atom stereocenters. The van der Waals surface area contributed by atoms with Crippen LogP contribution in [0.25, 0.3) is 0 Å². The maximum absolute atomic E-state index is 12.3. The molecular weight excluding hydrogens is 342 g/mol. The van der Waals surface area contributed by atoms with Crippen molar-refractivity contribution in [1.82, 2.24) is 9.80 Å². The minimum atomic E-state index is -3.03. The van der Waals surface area contributed by atoms with Crippen LogP contribution in [0.3, 0.4) is 0 Å². The Labute approximate surface area is 148 Å². The molecule has 1 aromatic carbocycles. The highest BCUT2D eigenvalue weighted by atomic mass is 32.2. The number of nitrogens with one attached hydrogen (secondary N) is 1. The molecule has 0 bridgehead atoms. The molecule has 0 aliphatic carbocycles. The number of carbonyl (C=O) groups excluding carboxylic acids is 2. The Morgan fingerprint density at radius 3 is 2.36 bits per heavy atom. The van der Waals surface area contributed by atoms with Gasteiger partial charge in [-0.05, 0) is 32.5 Å². The normalized spacial score (nSPS) is 19.0. The lowest BCUT2D eigenvalue weighted by atomic mass is 10.2. The van der Waals surface area contributed by atoms with Crippen molar-refractivity contribution in [1.29, 1.82) is 0 Å². The van der Waals surface area contributed by atoms with Crippen molar-refractivity contribution in [3.63, 3.8) is 0 Å². The van der Waals surface area contributed by atoms with Crippen LogP contribution in [0.1, 0.15) is 12.0 Å². The first-order valence-electron chi connectivity index (χ1n) is 8.17. The quantitative estimate of drug-likeness (QED) is 0.792. The topological polar surface area (TPSA) is 86.8 Å². The second kappa shape index (κ2) is 7.97. The highest BCUT2D eigenvalue weighted by molar-refractivity contribution is 7.91. The summed E-state index contributed by atoms with van der Waals surface area (Å²) in [5.74, 6) is -0.241. The summed E-state index contributed by atoms with van der Waals surface area (Å²) in [5, 5.41) is 2.78. The number of sulfone groups is 1. The number of carbonyl (C=O) groups is 2. The molecule has 1 N–H and O–H groups in total. The number of benzene rings is 1. The Balaban J connectivity index is 1.80. The van der Waals surface area contributed by atoms with Crippen molar-refractivity contribution in [3.8, 4) is 0 Å². The molecule has 1 aliphatic rings. The summed E-state index contributed by atoms with van der Waals surface area (Å²) in [6, 6.07) is 7.20. The van der Waals surface area contributed by atoms with E-state index in [2.05, 4.69) is 5.32 Å². The second-order valence-electron chi connectivity index (χ2n) is 6.65. The summed E-state index contributed by atoms with van der Waals surface area (Å²) >= 11 is 0. The lowest BCUT2D eigenvalue weighted by Gasteiger charge is -2.26. The highest BCUT2D eigenvalue weighted by Crippen LogP contribution is 2.16. The first-order valence-corrected chi connectivity index (χ1v) is 9.99. The van der Waals surface area contributed by atoms with Gasteiger partial charge < -0.3 is 10.2 Å². The molecule has 0 unspecified atom stereocenters.